The van der Waals surface area contributed by atoms with Gasteiger partial charge in [-0.25, -0.2) is 0 Å². The molecule has 0 atom stereocenters. The average Bonchev–Trinajstić information content (AvgIpc) is 4.04. The van der Waals surface area contributed by atoms with E-state index in [0.717, 1.165) is 49.2 Å². The van der Waals surface area contributed by atoms with Gasteiger partial charge in [0.2, 0.25) is 0 Å². The highest BCUT2D eigenvalue weighted by Gasteiger charge is 2.39. The van der Waals surface area contributed by atoms with Gasteiger partial charge in [0.1, 0.15) is 12.1 Å². The molecule has 0 saturated heterocycles. The first kappa shape index (κ1) is 40.8. The Morgan fingerprint density at radius 3 is 1.14 bits per heavy atom. The summed E-state index contributed by atoms with van der Waals surface area (Å²) in [6.45, 7) is 9.12. The van der Waals surface area contributed by atoms with Gasteiger partial charge in [0.05, 0.1) is 67.8 Å². The molecule has 0 fully saturated rings. The molecule has 13 rings (SSSR count). The SMILES string of the molecule is CC1(C)c2ccccc2-c2cc3c4ccccc4n(-c4c(C#N)c(-c5ccc(C#N)cc5)c(C#N)c(-n5c6ccccc6c6cc7c(cc65)C(C)(C)c5ccccc5-7)c4-c4ccc(C#N)cc4)c3cc21. The van der Waals surface area contributed by atoms with Crippen molar-refractivity contribution < 1.29 is 0 Å². The zero-order chi connectivity index (χ0) is 47.8. The fourth-order valence-electron chi connectivity index (χ4n) is 12.2. The van der Waals surface area contributed by atoms with Gasteiger partial charge in [-0.05, 0) is 116 Å². The van der Waals surface area contributed by atoms with Crippen LogP contribution in [-0.4, -0.2) is 9.13 Å². The Balaban J connectivity index is 1.27. The molecule has 6 heteroatoms. The third-order valence-electron chi connectivity index (χ3n) is 15.5. The number of nitrogens with zero attached hydrogens (tertiary/aromatic N) is 6. The highest BCUT2D eigenvalue weighted by molar-refractivity contribution is 6.15. The Hall–Kier alpha value is -9.46. The first-order valence-corrected chi connectivity index (χ1v) is 23.5. The molecule has 2 aliphatic rings. The molecule has 2 aromatic heterocycles. The van der Waals surface area contributed by atoms with Crippen LogP contribution in [-0.2, 0) is 10.8 Å². The second kappa shape index (κ2) is 14.5. The van der Waals surface area contributed by atoms with Crippen LogP contribution in [0.2, 0.25) is 0 Å². The lowest BCUT2D eigenvalue weighted by atomic mass is 9.82. The molecular weight excluding hydrogens is 853 g/mol. The van der Waals surface area contributed by atoms with Crippen molar-refractivity contribution in [2.24, 2.45) is 0 Å². The van der Waals surface area contributed by atoms with Crippen LogP contribution in [0.3, 0.4) is 0 Å². The second-order valence-electron chi connectivity index (χ2n) is 19.7. The zero-order valence-corrected chi connectivity index (χ0v) is 38.8. The summed E-state index contributed by atoms with van der Waals surface area (Å²) < 4.78 is 4.50. The van der Waals surface area contributed by atoms with Crippen molar-refractivity contribution in [2.45, 2.75) is 38.5 Å². The molecule has 0 bridgehead atoms. The number of fused-ring (bicyclic) bond motifs is 12. The van der Waals surface area contributed by atoms with Gasteiger partial charge >= 0.3 is 0 Å². The van der Waals surface area contributed by atoms with Crippen LogP contribution >= 0.6 is 0 Å². The molecule has 0 spiro atoms. The molecule has 6 nitrogen and oxygen atoms in total. The Bertz CT molecular complexity index is 4100. The van der Waals surface area contributed by atoms with Crippen LogP contribution in [0.5, 0.6) is 0 Å². The number of rotatable bonds is 4. The van der Waals surface area contributed by atoms with E-state index in [4.69, 9.17) is 0 Å². The van der Waals surface area contributed by atoms with E-state index in [2.05, 4.69) is 170 Å². The molecule has 0 aliphatic heterocycles. The zero-order valence-electron chi connectivity index (χ0n) is 38.8. The third-order valence-corrected chi connectivity index (χ3v) is 15.5. The summed E-state index contributed by atoms with van der Waals surface area (Å²) in [5.41, 5.74) is 18.0. The minimum Gasteiger partial charge on any atom is -0.307 e. The summed E-state index contributed by atoms with van der Waals surface area (Å²) in [5.74, 6) is 0. The van der Waals surface area contributed by atoms with Gasteiger partial charge in [-0.3, -0.25) is 0 Å². The van der Waals surface area contributed by atoms with E-state index in [1.54, 1.807) is 12.1 Å². The van der Waals surface area contributed by atoms with Crippen molar-refractivity contribution in [2.75, 3.05) is 0 Å². The van der Waals surface area contributed by atoms with Gasteiger partial charge in [-0.15, -0.1) is 0 Å². The summed E-state index contributed by atoms with van der Waals surface area (Å²) in [5, 5.41) is 48.2. The summed E-state index contributed by atoms with van der Waals surface area (Å²) in [7, 11) is 0. The standard InChI is InChI=1S/C64H40N6/c1-63(2)51-17-9-5-13-41(51)45-29-47-43-15-7-11-19-55(43)69(57(47)31-53(45)63)61-49(35-67)59(39-25-21-37(33-65)22-26-39)50(36-68)62(60(61)40-27-23-38(34-66)24-28-40)70-56-20-12-8-16-44(56)48-30-46-42-14-6-10-18-52(42)64(3,4)54(46)32-58(48)70/h5-32H,1-4H3. The maximum Gasteiger partial charge on any atom is 0.102 e. The van der Waals surface area contributed by atoms with Crippen molar-refractivity contribution in [1.82, 2.24) is 9.13 Å². The van der Waals surface area contributed by atoms with Crippen molar-refractivity contribution in [3.05, 3.63) is 214 Å². The van der Waals surface area contributed by atoms with Gasteiger partial charge in [0.15, 0.2) is 0 Å². The predicted molar refractivity (Wildman–Crippen MR) is 280 cm³/mol. The van der Waals surface area contributed by atoms with Gasteiger partial charge in [0.25, 0.3) is 0 Å². The van der Waals surface area contributed by atoms with Crippen LogP contribution in [0.15, 0.2) is 170 Å². The number of hydrogen-bond acceptors (Lipinski definition) is 4. The van der Waals surface area contributed by atoms with Crippen LogP contribution in [0.1, 0.15) is 72.2 Å². The first-order valence-electron chi connectivity index (χ1n) is 23.5. The Labute approximate surface area is 405 Å². The monoisotopic (exact) mass is 892 g/mol. The number of para-hydroxylation sites is 2. The lowest BCUT2D eigenvalue weighted by Crippen LogP contribution is -2.15. The summed E-state index contributed by atoms with van der Waals surface area (Å²) >= 11 is 0. The van der Waals surface area contributed by atoms with Crippen molar-refractivity contribution in [3.63, 3.8) is 0 Å². The first-order chi connectivity index (χ1) is 34.1. The Kier molecular flexibility index (Phi) is 8.46. The quantitative estimate of drug-likeness (QED) is 0.175. The smallest absolute Gasteiger partial charge is 0.102 e. The van der Waals surface area contributed by atoms with E-state index in [-0.39, 0.29) is 10.8 Å². The summed E-state index contributed by atoms with van der Waals surface area (Å²) in [6, 6.07) is 68.0. The minimum atomic E-state index is -0.324. The Morgan fingerprint density at radius 1 is 0.343 bits per heavy atom. The molecule has 70 heavy (non-hydrogen) atoms. The van der Waals surface area contributed by atoms with Crippen LogP contribution < -0.4 is 0 Å². The van der Waals surface area contributed by atoms with Crippen molar-refractivity contribution in [3.8, 4) is 80.2 Å². The number of benzene rings is 9. The van der Waals surface area contributed by atoms with E-state index >= 15 is 0 Å². The maximum atomic E-state index is 12.0. The second-order valence-corrected chi connectivity index (χ2v) is 19.7. The number of hydrogen-bond donors (Lipinski definition) is 0. The van der Waals surface area contributed by atoms with Gasteiger partial charge in [0, 0.05) is 43.5 Å². The lowest BCUT2D eigenvalue weighted by molar-refractivity contribution is 0.661. The molecule has 9 aromatic carbocycles. The van der Waals surface area contributed by atoms with Crippen LogP contribution in [0, 0.1) is 45.3 Å². The van der Waals surface area contributed by atoms with Crippen LogP contribution in [0.25, 0.3) is 99.5 Å². The number of aromatic nitrogens is 2. The topological polar surface area (TPSA) is 105 Å². The van der Waals surface area contributed by atoms with Crippen LogP contribution in [0.4, 0.5) is 0 Å². The van der Waals surface area contributed by atoms with Gasteiger partial charge < -0.3 is 9.13 Å². The Morgan fingerprint density at radius 2 is 0.729 bits per heavy atom. The summed E-state index contributed by atoms with van der Waals surface area (Å²) in [4.78, 5) is 0. The highest BCUT2D eigenvalue weighted by Crippen LogP contribution is 2.55. The molecule has 2 aliphatic carbocycles. The van der Waals surface area contributed by atoms with E-state index < -0.39 is 0 Å². The highest BCUT2D eigenvalue weighted by atomic mass is 15.0. The van der Waals surface area contributed by atoms with Crippen molar-refractivity contribution >= 4 is 43.6 Å². The predicted octanol–water partition coefficient (Wildman–Crippen LogP) is 15.3. The average molecular weight is 893 g/mol. The number of nitriles is 4. The molecule has 0 unspecified atom stereocenters. The van der Waals surface area contributed by atoms with Gasteiger partial charge in [-0.1, -0.05) is 137 Å². The van der Waals surface area contributed by atoms with E-state index in [9.17, 15) is 21.0 Å². The fourth-order valence-corrected chi connectivity index (χ4v) is 12.2. The molecule has 326 valence electrons. The molecule has 0 saturated carbocycles. The minimum absolute atomic E-state index is 0.313. The molecule has 11 aromatic rings. The normalized spacial score (nSPS) is 13.6. The largest absolute Gasteiger partial charge is 0.307 e. The molecular formula is C64H40N6. The van der Waals surface area contributed by atoms with E-state index in [0.29, 0.717) is 50.3 Å². The summed E-state index contributed by atoms with van der Waals surface area (Å²) in [6.07, 6.45) is 0. The third kappa shape index (κ3) is 5.34. The van der Waals surface area contributed by atoms with E-state index in [1.807, 2.05) is 48.5 Å². The maximum absolute atomic E-state index is 12.0. The molecule has 0 amide bonds. The molecule has 0 radical (unpaired) electrons. The lowest BCUT2D eigenvalue weighted by Gasteiger charge is -2.26. The molecule has 0 N–H and O–H groups in total. The molecule has 2 heterocycles. The fraction of sp³-hybridized carbons (Fsp3) is 0.0938. The van der Waals surface area contributed by atoms with E-state index in [1.165, 1.54) is 44.5 Å². The van der Waals surface area contributed by atoms with Gasteiger partial charge in [-0.2, -0.15) is 21.0 Å². The van der Waals surface area contributed by atoms with Crippen molar-refractivity contribution in [1.29, 1.82) is 21.0 Å².